The normalized spacial score (nSPS) is 10.7. The lowest BCUT2D eigenvalue weighted by atomic mass is 10.1. The lowest BCUT2D eigenvalue weighted by Gasteiger charge is -2.10. The molecular weight excluding hydrogens is 432 g/mol. The average Bonchev–Trinajstić information content (AvgIpc) is 2.88. The average molecular weight is 454 g/mol. The van der Waals surface area contributed by atoms with Crippen LogP contribution in [0.3, 0.4) is 0 Å². The van der Waals surface area contributed by atoms with E-state index in [1.54, 1.807) is 42.5 Å². The first-order valence-corrected chi connectivity index (χ1v) is 10.5. The molecule has 4 aromatic carbocycles. The van der Waals surface area contributed by atoms with Crippen LogP contribution in [-0.2, 0) is 4.79 Å². The quantitative estimate of drug-likeness (QED) is 0.182. The van der Waals surface area contributed by atoms with Crippen molar-refractivity contribution in [3.05, 3.63) is 102 Å². The van der Waals surface area contributed by atoms with E-state index in [4.69, 9.17) is 14.2 Å². The summed E-state index contributed by atoms with van der Waals surface area (Å²) in [6.07, 6.45) is 1.46. The van der Waals surface area contributed by atoms with Crippen molar-refractivity contribution in [3.63, 3.8) is 0 Å². The highest BCUT2D eigenvalue weighted by molar-refractivity contribution is 5.91. The van der Waals surface area contributed by atoms with Crippen molar-refractivity contribution in [1.82, 2.24) is 5.43 Å². The second-order valence-electron chi connectivity index (χ2n) is 7.26. The zero-order chi connectivity index (χ0) is 23.8. The zero-order valence-corrected chi connectivity index (χ0v) is 18.4. The van der Waals surface area contributed by atoms with Crippen LogP contribution in [0, 0.1) is 0 Å². The van der Waals surface area contributed by atoms with Crippen molar-refractivity contribution in [2.45, 2.75) is 0 Å². The standard InChI is InChI=1S/C27H22N2O5/c1-32-25-15-19(11-14-24(25)34-27(31)21-8-3-2-4-9-21)17-28-29-26(30)18-33-23-13-12-20-7-5-6-10-22(20)16-23/h2-17H,18H2,1H3,(H,29,30). The smallest absolute Gasteiger partial charge is 0.343 e. The zero-order valence-electron chi connectivity index (χ0n) is 18.4. The summed E-state index contributed by atoms with van der Waals surface area (Å²) in [4.78, 5) is 24.4. The number of nitrogens with one attached hydrogen (secondary N) is 1. The number of carbonyl (C=O) groups is 2. The van der Waals surface area contributed by atoms with Crippen LogP contribution in [0.25, 0.3) is 10.8 Å². The first-order chi connectivity index (χ1) is 16.6. The Labute approximate surface area is 196 Å². The monoisotopic (exact) mass is 454 g/mol. The third kappa shape index (κ3) is 5.77. The second-order valence-corrected chi connectivity index (χ2v) is 7.26. The van der Waals surface area contributed by atoms with Crippen molar-refractivity contribution < 1.29 is 23.8 Å². The fourth-order valence-electron chi connectivity index (χ4n) is 3.20. The number of methoxy groups -OCH3 is 1. The lowest BCUT2D eigenvalue weighted by molar-refractivity contribution is -0.123. The molecule has 0 atom stereocenters. The molecule has 0 spiro atoms. The van der Waals surface area contributed by atoms with Gasteiger partial charge < -0.3 is 14.2 Å². The molecule has 0 fully saturated rings. The number of hydrazone groups is 1. The number of ether oxygens (including phenoxy) is 3. The SMILES string of the molecule is COc1cc(C=NNC(=O)COc2ccc3ccccc3c2)ccc1OC(=O)c1ccccc1. The van der Waals surface area contributed by atoms with E-state index in [1.165, 1.54) is 13.3 Å². The maximum atomic E-state index is 12.3. The number of fused-ring (bicyclic) bond motifs is 1. The number of rotatable bonds is 8. The number of amides is 1. The first-order valence-electron chi connectivity index (χ1n) is 10.5. The molecule has 0 aromatic heterocycles. The fourth-order valence-corrected chi connectivity index (χ4v) is 3.20. The Kier molecular flexibility index (Phi) is 7.15. The van der Waals surface area contributed by atoms with Gasteiger partial charge in [0.2, 0.25) is 0 Å². The van der Waals surface area contributed by atoms with E-state index in [-0.39, 0.29) is 12.4 Å². The molecule has 0 unspecified atom stereocenters. The van der Waals surface area contributed by atoms with Crippen LogP contribution in [0.2, 0.25) is 0 Å². The fraction of sp³-hybridized carbons (Fsp3) is 0.0741. The number of benzene rings is 4. The molecule has 0 saturated heterocycles. The molecular formula is C27H22N2O5. The number of nitrogens with zero attached hydrogens (tertiary/aromatic N) is 1. The summed E-state index contributed by atoms with van der Waals surface area (Å²) in [6, 6.07) is 27.2. The molecule has 4 aromatic rings. The molecule has 0 heterocycles. The van der Waals surface area contributed by atoms with Gasteiger partial charge in [-0.25, -0.2) is 10.2 Å². The molecule has 0 aliphatic heterocycles. The molecule has 7 heteroatoms. The molecule has 1 N–H and O–H groups in total. The van der Waals surface area contributed by atoms with Gasteiger partial charge in [0.05, 0.1) is 18.9 Å². The summed E-state index contributed by atoms with van der Waals surface area (Å²) in [5, 5.41) is 6.08. The van der Waals surface area contributed by atoms with Gasteiger partial charge in [0.1, 0.15) is 5.75 Å². The highest BCUT2D eigenvalue weighted by Crippen LogP contribution is 2.28. The van der Waals surface area contributed by atoms with Crippen LogP contribution in [0.1, 0.15) is 15.9 Å². The van der Waals surface area contributed by atoms with E-state index >= 15 is 0 Å². The summed E-state index contributed by atoms with van der Waals surface area (Å²) >= 11 is 0. The molecule has 1 amide bonds. The van der Waals surface area contributed by atoms with E-state index in [9.17, 15) is 9.59 Å². The van der Waals surface area contributed by atoms with E-state index < -0.39 is 11.9 Å². The van der Waals surface area contributed by atoms with Crippen LogP contribution in [0.5, 0.6) is 17.2 Å². The molecule has 170 valence electrons. The highest BCUT2D eigenvalue weighted by Gasteiger charge is 2.12. The predicted octanol–water partition coefficient (Wildman–Crippen LogP) is 4.60. The molecule has 0 bridgehead atoms. The van der Waals surface area contributed by atoms with Gasteiger partial charge in [-0.05, 0) is 58.8 Å². The molecule has 0 aliphatic rings. The molecule has 4 rings (SSSR count). The second kappa shape index (κ2) is 10.8. The maximum Gasteiger partial charge on any atom is 0.343 e. The highest BCUT2D eigenvalue weighted by atomic mass is 16.6. The van der Waals surface area contributed by atoms with Crippen molar-refractivity contribution in [2.75, 3.05) is 13.7 Å². The third-order valence-corrected chi connectivity index (χ3v) is 4.89. The Morgan fingerprint density at radius 2 is 1.62 bits per heavy atom. The minimum absolute atomic E-state index is 0.173. The summed E-state index contributed by atoms with van der Waals surface area (Å²) in [6.45, 7) is -0.173. The van der Waals surface area contributed by atoms with Gasteiger partial charge in [-0.15, -0.1) is 0 Å². The molecule has 0 saturated carbocycles. The van der Waals surface area contributed by atoms with Crippen molar-refractivity contribution >= 4 is 28.9 Å². The van der Waals surface area contributed by atoms with Gasteiger partial charge in [-0.3, -0.25) is 4.79 Å². The number of hydrogen-bond acceptors (Lipinski definition) is 6. The lowest BCUT2D eigenvalue weighted by Crippen LogP contribution is -2.24. The van der Waals surface area contributed by atoms with Gasteiger partial charge in [-0.2, -0.15) is 5.10 Å². The largest absolute Gasteiger partial charge is 0.493 e. The molecule has 0 radical (unpaired) electrons. The Balaban J connectivity index is 1.31. The molecule has 0 aliphatic carbocycles. The van der Waals surface area contributed by atoms with Crippen LogP contribution in [0.4, 0.5) is 0 Å². The van der Waals surface area contributed by atoms with Gasteiger partial charge in [0.15, 0.2) is 18.1 Å². The van der Waals surface area contributed by atoms with Crippen LogP contribution in [-0.4, -0.2) is 31.8 Å². The topological polar surface area (TPSA) is 86.2 Å². The molecule has 34 heavy (non-hydrogen) atoms. The van der Waals surface area contributed by atoms with Crippen molar-refractivity contribution in [2.24, 2.45) is 5.10 Å². The van der Waals surface area contributed by atoms with Crippen LogP contribution < -0.4 is 19.6 Å². The predicted molar refractivity (Wildman–Crippen MR) is 130 cm³/mol. The summed E-state index contributed by atoms with van der Waals surface area (Å²) in [5.74, 6) is 0.354. The Bertz CT molecular complexity index is 1340. The Morgan fingerprint density at radius 1 is 0.853 bits per heavy atom. The van der Waals surface area contributed by atoms with Gasteiger partial charge >= 0.3 is 5.97 Å². The Morgan fingerprint density at radius 3 is 2.41 bits per heavy atom. The number of hydrogen-bond donors (Lipinski definition) is 1. The summed E-state index contributed by atoms with van der Waals surface area (Å²) in [7, 11) is 1.47. The van der Waals surface area contributed by atoms with Gasteiger partial charge in [0, 0.05) is 0 Å². The minimum atomic E-state index is -0.487. The summed E-state index contributed by atoms with van der Waals surface area (Å²) < 4.78 is 16.3. The number of esters is 1. The minimum Gasteiger partial charge on any atom is -0.493 e. The van der Waals surface area contributed by atoms with E-state index in [1.807, 2.05) is 48.5 Å². The summed E-state index contributed by atoms with van der Waals surface area (Å²) in [5.41, 5.74) is 3.50. The van der Waals surface area contributed by atoms with E-state index in [0.29, 0.717) is 22.6 Å². The van der Waals surface area contributed by atoms with Crippen molar-refractivity contribution in [1.29, 1.82) is 0 Å². The first kappa shape index (κ1) is 22.5. The third-order valence-electron chi connectivity index (χ3n) is 4.89. The van der Waals surface area contributed by atoms with Crippen molar-refractivity contribution in [3.8, 4) is 17.2 Å². The van der Waals surface area contributed by atoms with Gasteiger partial charge in [0.25, 0.3) is 5.91 Å². The van der Waals surface area contributed by atoms with E-state index in [0.717, 1.165) is 10.8 Å². The number of carbonyl (C=O) groups excluding carboxylic acids is 2. The Hall–Kier alpha value is -4.65. The van der Waals surface area contributed by atoms with Crippen LogP contribution >= 0.6 is 0 Å². The molecule has 7 nitrogen and oxygen atoms in total. The van der Waals surface area contributed by atoms with Crippen LogP contribution in [0.15, 0.2) is 96.1 Å². The van der Waals surface area contributed by atoms with Gasteiger partial charge in [-0.1, -0.05) is 48.5 Å². The van der Waals surface area contributed by atoms with E-state index in [2.05, 4.69) is 10.5 Å². The maximum absolute atomic E-state index is 12.3.